The molecule has 20 nitrogen and oxygen atoms in total. The summed E-state index contributed by atoms with van der Waals surface area (Å²) in [5.74, 6) is -5.08. The van der Waals surface area contributed by atoms with Gasteiger partial charge in [0.2, 0.25) is 0 Å². The van der Waals surface area contributed by atoms with E-state index in [2.05, 4.69) is 0 Å². The van der Waals surface area contributed by atoms with E-state index in [4.69, 9.17) is 48.1 Å². The summed E-state index contributed by atoms with van der Waals surface area (Å²) in [6.45, 7) is 3.81. The molecular weight excluding hydrogens is 1030 g/mol. The van der Waals surface area contributed by atoms with Crippen molar-refractivity contribution in [3.05, 3.63) is 0 Å². The predicted octanol–water partition coefficient (Wildman–Crippen LogP) is 11.5. The lowest BCUT2D eigenvalue weighted by atomic mass is 10.1. The molecule has 0 spiro atoms. The predicted molar refractivity (Wildman–Crippen MR) is 292 cm³/mol. The van der Waals surface area contributed by atoms with Gasteiger partial charge in [0.15, 0.2) is 12.2 Å². The van der Waals surface area contributed by atoms with Crippen LogP contribution in [0.2, 0.25) is 0 Å². The summed E-state index contributed by atoms with van der Waals surface area (Å²) < 4.78 is 43.1. The zero-order chi connectivity index (χ0) is 58.4. The van der Waals surface area contributed by atoms with Crippen molar-refractivity contribution in [2.24, 2.45) is 0 Å². The minimum atomic E-state index is -1.01. The number of hydrogen-bond acceptors (Lipinski definition) is 18. The van der Waals surface area contributed by atoms with E-state index in [1.165, 1.54) is 0 Å². The Morgan fingerprint density at radius 1 is 0.253 bits per heavy atom. The highest BCUT2D eigenvalue weighted by Crippen LogP contribution is 2.15. The lowest BCUT2D eigenvalue weighted by Crippen LogP contribution is -2.30. The third kappa shape index (κ3) is 53.1. The highest BCUT2D eigenvalue weighted by molar-refractivity contribution is 5.73. The maximum absolute atomic E-state index is 12.8. The van der Waals surface area contributed by atoms with E-state index >= 15 is 0 Å². The number of carboxylic acid groups (broad SMARTS) is 2. The van der Waals surface area contributed by atoms with Gasteiger partial charge in [-0.25, -0.2) is 0 Å². The van der Waals surface area contributed by atoms with E-state index in [1.807, 2.05) is 13.8 Å². The van der Waals surface area contributed by atoms with Gasteiger partial charge in [-0.15, -0.1) is 0 Å². The van der Waals surface area contributed by atoms with Gasteiger partial charge >= 0.3 is 59.7 Å². The van der Waals surface area contributed by atoms with E-state index in [9.17, 15) is 47.9 Å². The maximum Gasteiger partial charge on any atom is 0.306 e. The highest BCUT2D eigenvalue weighted by atomic mass is 16.6. The van der Waals surface area contributed by atoms with Crippen molar-refractivity contribution in [2.45, 2.75) is 276 Å². The van der Waals surface area contributed by atoms with Crippen molar-refractivity contribution >= 4 is 59.7 Å². The minimum absolute atomic E-state index is 0.0947. The standard InChI is InChI=1S/C59H100O20/c1-3-5-42-72-52(64)34-24-15-9-17-27-37-55(67)75-46-49(79-59(71)41-31-21-11-16-25-35-53(65)73-43-6-4-2)47-77-57(69)39-29-19-10-18-28-38-56(68)76-45-48(78-58(70)40-30-20-8-13-23-33-51(62)63)44-74-54(66)36-26-14-7-12-22-32-50(60)61/h48-49H,3-47H2,1-2H3,(H,60,61)(H,62,63). The third-order valence-electron chi connectivity index (χ3n) is 12.7. The van der Waals surface area contributed by atoms with Gasteiger partial charge in [-0.2, -0.15) is 0 Å². The average Bonchev–Trinajstić information content (AvgIpc) is 3.40. The molecule has 2 N–H and O–H groups in total. The first-order valence-corrected chi connectivity index (χ1v) is 29.9. The van der Waals surface area contributed by atoms with Crippen LogP contribution in [0.4, 0.5) is 0 Å². The van der Waals surface area contributed by atoms with Gasteiger partial charge in [-0.05, 0) is 77.0 Å². The second-order valence-corrected chi connectivity index (χ2v) is 20.2. The van der Waals surface area contributed by atoms with E-state index in [1.54, 1.807) is 0 Å². The molecule has 0 heterocycles. The number of esters is 8. The molecule has 0 aliphatic heterocycles. The largest absolute Gasteiger partial charge is 0.481 e. The van der Waals surface area contributed by atoms with E-state index in [-0.39, 0.29) is 89.7 Å². The summed E-state index contributed by atoms with van der Waals surface area (Å²) in [6, 6.07) is 0. The lowest BCUT2D eigenvalue weighted by Gasteiger charge is -2.18. The Labute approximate surface area is 470 Å². The fourth-order valence-electron chi connectivity index (χ4n) is 7.92. The molecule has 0 aromatic rings. The molecule has 0 bridgehead atoms. The van der Waals surface area contributed by atoms with Crippen LogP contribution in [-0.2, 0) is 85.8 Å². The monoisotopic (exact) mass is 1130 g/mol. The molecule has 0 fully saturated rings. The fourth-order valence-corrected chi connectivity index (χ4v) is 7.92. The molecule has 0 aliphatic carbocycles. The highest BCUT2D eigenvalue weighted by Gasteiger charge is 2.22. The van der Waals surface area contributed by atoms with Gasteiger partial charge in [0, 0.05) is 64.2 Å². The summed E-state index contributed by atoms with van der Waals surface area (Å²) in [5, 5.41) is 17.6. The summed E-state index contributed by atoms with van der Waals surface area (Å²) in [4.78, 5) is 121. The van der Waals surface area contributed by atoms with E-state index in [0.29, 0.717) is 110 Å². The number of aliphatic carboxylic acids is 2. The third-order valence-corrected chi connectivity index (χ3v) is 12.7. The zero-order valence-electron chi connectivity index (χ0n) is 48.2. The van der Waals surface area contributed by atoms with Crippen molar-refractivity contribution in [1.29, 1.82) is 0 Å². The van der Waals surface area contributed by atoms with Gasteiger partial charge in [-0.3, -0.25) is 47.9 Å². The number of carboxylic acids is 2. The molecule has 0 aliphatic rings. The molecule has 0 aromatic heterocycles. The second kappa shape index (κ2) is 53.3. The van der Waals surface area contributed by atoms with Crippen molar-refractivity contribution in [3.8, 4) is 0 Å². The summed E-state index contributed by atoms with van der Waals surface area (Å²) in [5.41, 5.74) is 0. The SMILES string of the molecule is CCCCOC(=O)CCCCCCCC(=O)OCC(COC(=O)CCCCCCCC(=O)OCC(COC(=O)CCCCCCCC(=O)O)OC(=O)CCCCCCCC(=O)O)OC(=O)CCCCCCCC(=O)OCCCC. The molecule has 79 heavy (non-hydrogen) atoms. The number of unbranched alkanes of at least 4 members (excludes halogenated alkanes) is 22. The van der Waals surface area contributed by atoms with E-state index in [0.717, 1.165) is 103 Å². The first-order valence-electron chi connectivity index (χ1n) is 29.9. The van der Waals surface area contributed by atoms with Gasteiger partial charge < -0.3 is 48.1 Å². The number of hydrogen-bond donors (Lipinski definition) is 2. The quantitative estimate of drug-likeness (QED) is 0.0325. The normalized spacial score (nSPS) is 11.7. The molecule has 2 unspecified atom stereocenters. The van der Waals surface area contributed by atoms with Crippen LogP contribution >= 0.6 is 0 Å². The topological polar surface area (TPSA) is 285 Å². The Morgan fingerprint density at radius 2 is 0.443 bits per heavy atom. The molecule has 456 valence electrons. The van der Waals surface area contributed by atoms with Crippen molar-refractivity contribution < 1.29 is 96.1 Å². The molecule has 20 heteroatoms. The van der Waals surface area contributed by atoms with Gasteiger partial charge in [0.1, 0.15) is 26.4 Å². The summed E-state index contributed by atoms with van der Waals surface area (Å²) in [7, 11) is 0. The Morgan fingerprint density at radius 3 is 0.658 bits per heavy atom. The fraction of sp³-hybridized carbons (Fsp3) is 0.831. The number of carbonyl (C=O) groups excluding carboxylic acids is 8. The van der Waals surface area contributed by atoms with Crippen LogP contribution in [0.1, 0.15) is 264 Å². The number of carbonyl (C=O) groups is 10. The first-order chi connectivity index (χ1) is 38.1. The lowest BCUT2D eigenvalue weighted by molar-refractivity contribution is -0.167. The van der Waals surface area contributed by atoms with Gasteiger partial charge in [0.25, 0.3) is 0 Å². The van der Waals surface area contributed by atoms with Crippen LogP contribution < -0.4 is 0 Å². The minimum Gasteiger partial charge on any atom is -0.481 e. The summed E-state index contributed by atoms with van der Waals surface area (Å²) in [6.07, 6.45) is 20.5. The Kier molecular flexibility index (Phi) is 49.8. The van der Waals surface area contributed by atoms with Crippen LogP contribution in [0.15, 0.2) is 0 Å². The van der Waals surface area contributed by atoms with Gasteiger partial charge in [-0.1, -0.05) is 123 Å². The second-order valence-electron chi connectivity index (χ2n) is 20.2. The molecular formula is C59H100O20. The van der Waals surface area contributed by atoms with Crippen LogP contribution in [0.25, 0.3) is 0 Å². The number of rotatable bonds is 56. The first kappa shape index (κ1) is 73.7. The van der Waals surface area contributed by atoms with Crippen molar-refractivity contribution in [3.63, 3.8) is 0 Å². The number of ether oxygens (including phenoxy) is 8. The Bertz CT molecular complexity index is 1670. The molecule has 0 rings (SSSR count). The Balaban J connectivity index is 4.87. The zero-order valence-corrected chi connectivity index (χ0v) is 48.2. The molecule has 0 aromatic carbocycles. The van der Waals surface area contributed by atoms with Gasteiger partial charge in [0.05, 0.1) is 13.2 Å². The molecule has 2 atom stereocenters. The summed E-state index contributed by atoms with van der Waals surface area (Å²) >= 11 is 0. The van der Waals surface area contributed by atoms with Crippen molar-refractivity contribution in [1.82, 2.24) is 0 Å². The van der Waals surface area contributed by atoms with Crippen LogP contribution in [0.3, 0.4) is 0 Å². The molecule has 0 radical (unpaired) electrons. The maximum atomic E-state index is 12.8. The molecule has 0 saturated heterocycles. The van der Waals surface area contributed by atoms with Crippen molar-refractivity contribution in [2.75, 3.05) is 39.6 Å². The Hall–Kier alpha value is -5.30. The molecule has 0 amide bonds. The molecule has 0 saturated carbocycles. The van der Waals surface area contributed by atoms with E-state index < -0.39 is 60.0 Å². The van der Waals surface area contributed by atoms with Crippen LogP contribution in [-0.4, -0.2) is 122 Å². The average molecular weight is 1130 g/mol. The van der Waals surface area contributed by atoms with Crippen LogP contribution in [0, 0.1) is 0 Å². The van der Waals surface area contributed by atoms with Crippen LogP contribution in [0.5, 0.6) is 0 Å². The smallest absolute Gasteiger partial charge is 0.306 e.